The molecule has 96 valence electrons. The van der Waals surface area contributed by atoms with E-state index in [0.717, 1.165) is 11.1 Å². The van der Waals surface area contributed by atoms with Gasteiger partial charge in [0.2, 0.25) is 12.4 Å². The van der Waals surface area contributed by atoms with Crippen LogP contribution in [0.15, 0.2) is 49.1 Å². The number of halogens is 5. The maximum atomic E-state index is 12.5. The van der Waals surface area contributed by atoms with Crippen LogP contribution < -0.4 is 4.79 Å². The minimum absolute atomic E-state index is 0.519. The molecule has 0 aromatic carbocycles. The van der Waals surface area contributed by atoms with Gasteiger partial charge in [0.05, 0.1) is 4.48 Å². The Morgan fingerprint density at radius 1 is 0.833 bits per heavy atom. The highest BCUT2D eigenvalue weighted by molar-refractivity contribution is 6.50. The van der Waals surface area contributed by atoms with E-state index < -0.39 is 7.25 Å². The monoisotopic (exact) mass is 262 g/mol. The molecule has 0 aliphatic carbocycles. The lowest BCUT2D eigenvalue weighted by Gasteiger charge is -1.96. The third kappa shape index (κ3) is 5.93. The highest BCUT2D eigenvalue weighted by Gasteiger charge is 2.20. The average molecular weight is 262 g/mol. The number of nitrogens with zero attached hydrogens (tertiary/aromatic N) is 2. The van der Waals surface area contributed by atoms with Gasteiger partial charge in [-0.2, -0.15) is 0 Å². The first-order valence-corrected chi connectivity index (χ1v) is 4.81. The predicted octanol–water partition coefficient (Wildman–Crippen LogP) is 3.07. The van der Waals surface area contributed by atoms with Crippen molar-refractivity contribution in [3.63, 3.8) is 0 Å². The SMILES string of the molecule is F[B-](F)(F)F.F[n+]1ccc(-c2ccncc2)cc1. The smallest absolute Gasteiger partial charge is 0.418 e. The summed E-state index contributed by atoms with van der Waals surface area (Å²) in [6.07, 6.45) is 6.17. The molecule has 0 aliphatic rings. The zero-order chi connectivity index (χ0) is 13.6. The molecule has 2 rings (SSSR count). The molecule has 0 spiro atoms. The molecule has 0 fully saturated rings. The van der Waals surface area contributed by atoms with Gasteiger partial charge in [-0.15, -0.1) is 0 Å². The van der Waals surface area contributed by atoms with Crippen LogP contribution >= 0.6 is 0 Å². The molecule has 18 heavy (non-hydrogen) atoms. The van der Waals surface area contributed by atoms with Crippen molar-refractivity contribution in [3.8, 4) is 11.1 Å². The fraction of sp³-hybridized carbons (Fsp3) is 0. The second-order valence-electron chi connectivity index (χ2n) is 3.16. The highest BCUT2D eigenvalue weighted by Crippen LogP contribution is 2.15. The van der Waals surface area contributed by atoms with Crippen LogP contribution in [-0.2, 0) is 0 Å². The molecular formula is C10H8BF5N2. The van der Waals surface area contributed by atoms with Crippen molar-refractivity contribution in [1.82, 2.24) is 4.98 Å². The van der Waals surface area contributed by atoms with Crippen LogP contribution in [0.2, 0.25) is 0 Å². The Balaban J connectivity index is 0.000000280. The van der Waals surface area contributed by atoms with Crippen molar-refractivity contribution < 1.29 is 26.5 Å². The molecule has 2 aromatic rings. The number of rotatable bonds is 1. The zero-order valence-corrected chi connectivity index (χ0v) is 8.98. The fourth-order valence-electron chi connectivity index (χ4n) is 1.15. The molecule has 0 saturated carbocycles. The first-order chi connectivity index (χ1) is 8.36. The predicted molar refractivity (Wildman–Crippen MR) is 56.6 cm³/mol. The lowest BCUT2D eigenvalue weighted by molar-refractivity contribution is -0.843. The van der Waals surface area contributed by atoms with E-state index in [2.05, 4.69) is 4.98 Å². The van der Waals surface area contributed by atoms with E-state index in [-0.39, 0.29) is 0 Å². The van der Waals surface area contributed by atoms with Crippen molar-refractivity contribution in [1.29, 1.82) is 0 Å². The topological polar surface area (TPSA) is 16.8 Å². The largest absolute Gasteiger partial charge is 0.673 e. The lowest BCUT2D eigenvalue weighted by atomic mass is 10.1. The highest BCUT2D eigenvalue weighted by atomic mass is 19.5. The summed E-state index contributed by atoms with van der Waals surface area (Å²) in [5.41, 5.74) is 2.02. The van der Waals surface area contributed by atoms with E-state index in [1.54, 1.807) is 24.5 Å². The summed E-state index contributed by atoms with van der Waals surface area (Å²) in [4.78, 5) is 4.43. The van der Waals surface area contributed by atoms with Crippen LogP contribution in [0.5, 0.6) is 0 Å². The van der Waals surface area contributed by atoms with E-state index in [4.69, 9.17) is 0 Å². The summed E-state index contributed by atoms with van der Waals surface area (Å²) < 4.78 is 51.5. The number of hydrogen-bond donors (Lipinski definition) is 0. The van der Waals surface area contributed by atoms with Crippen LogP contribution in [-0.4, -0.2) is 12.2 Å². The number of hydrogen-bond acceptors (Lipinski definition) is 1. The number of pyridine rings is 2. The Labute approximate surface area is 99.8 Å². The van der Waals surface area contributed by atoms with Crippen LogP contribution in [0, 0.1) is 0 Å². The van der Waals surface area contributed by atoms with Gasteiger partial charge in [0.15, 0.2) is 0 Å². The van der Waals surface area contributed by atoms with Gasteiger partial charge in [0.25, 0.3) is 0 Å². The summed E-state index contributed by atoms with van der Waals surface area (Å²) >= 11 is 0. The maximum absolute atomic E-state index is 12.5. The Morgan fingerprint density at radius 3 is 1.67 bits per heavy atom. The quantitative estimate of drug-likeness (QED) is 0.570. The third-order valence-electron chi connectivity index (χ3n) is 1.81. The van der Waals surface area contributed by atoms with Gasteiger partial charge in [0.1, 0.15) is 0 Å². The number of aromatic nitrogens is 2. The van der Waals surface area contributed by atoms with Crippen molar-refractivity contribution in [2.45, 2.75) is 0 Å². The maximum Gasteiger partial charge on any atom is 0.673 e. The van der Waals surface area contributed by atoms with Crippen LogP contribution in [0.3, 0.4) is 0 Å². The second kappa shape index (κ2) is 6.09. The van der Waals surface area contributed by atoms with Crippen LogP contribution in [0.4, 0.5) is 21.7 Å². The third-order valence-corrected chi connectivity index (χ3v) is 1.81. The van der Waals surface area contributed by atoms with Gasteiger partial charge in [-0.05, 0) is 23.3 Å². The first kappa shape index (κ1) is 14.1. The molecule has 0 amide bonds. The molecular weight excluding hydrogens is 254 g/mol. The van der Waals surface area contributed by atoms with E-state index in [1.165, 1.54) is 12.4 Å². The van der Waals surface area contributed by atoms with E-state index in [0.29, 0.717) is 4.79 Å². The van der Waals surface area contributed by atoms with E-state index in [9.17, 15) is 21.7 Å². The molecule has 0 saturated heterocycles. The van der Waals surface area contributed by atoms with E-state index >= 15 is 0 Å². The fourth-order valence-corrected chi connectivity index (χ4v) is 1.15. The van der Waals surface area contributed by atoms with Gasteiger partial charge in [-0.3, -0.25) is 4.98 Å². The lowest BCUT2D eigenvalue weighted by Crippen LogP contribution is -2.19. The molecule has 2 nitrogen and oxygen atoms in total. The Bertz CT molecular complexity index is 466. The van der Waals surface area contributed by atoms with Gasteiger partial charge in [-0.1, -0.05) is 0 Å². The van der Waals surface area contributed by atoms with Crippen molar-refractivity contribution in [3.05, 3.63) is 49.1 Å². The first-order valence-electron chi connectivity index (χ1n) is 4.81. The molecule has 0 N–H and O–H groups in total. The molecule has 0 radical (unpaired) electrons. The average Bonchev–Trinajstić information content (AvgIpc) is 2.29. The standard InChI is InChI=1S/C10H8FN2.BF4/c11-13-7-3-10(4-8-13)9-1-5-12-6-2-9;2-1(3,4)5/h1-8H;/q+1;-1. The zero-order valence-electron chi connectivity index (χ0n) is 8.98. The molecule has 0 bridgehead atoms. The van der Waals surface area contributed by atoms with Gasteiger partial charge in [-0.25, -0.2) is 0 Å². The van der Waals surface area contributed by atoms with Gasteiger partial charge in [0, 0.05) is 29.3 Å². The summed E-state index contributed by atoms with van der Waals surface area (Å²) in [7, 11) is -6.00. The summed E-state index contributed by atoms with van der Waals surface area (Å²) in [5, 5.41) is 0. The molecule has 2 aromatic heterocycles. The molecule has 0 atom stereocenters. The molecule has 0 unspecified atom stereocenters. The van der Waals surface area contributed by atoms with E-state index in [1.807, 2.05) is 12.1 Å². The minimum Gasteiger partial charge on any atom is -0.418 e. The van der Waals surface area contributed by atoms with Gasteiger partial charge >= 0.3 is 7.25 Å². The van der Waals surface area contributed by atoms with Crippen molar-refractivity contribution in [2.24, 2.45) is 0 Å². The minimum atomic E-state index is -6.00. The summed E-state index contributed by atoms with van der Waals surface area (Å²) in [5.74, 6) is 0. The van der Waals surface area contributed by atoms with Crippen LogP contribution in [0.25, 0.3) is 11.1 Å². The molecule has 8 heteroatoms. The van der Waals surface area contributed by atoms with Crippen molar-refractivity contribution in [2.75, 3.05) is 0 Å². The van der Waals surface area contributed by atoms with Crippen molar-refractivity contribution >= 4 is 7.25 Å². The molecule has 0 aliphatic heterocycles. The second-order valence-corrected chi connectivity index (χ2v) is 3.16. The Hall–Kier alpha value is -1.99. The van der Waals surface area contributed by atoms with Gasteiger partial charge < -0.3 is 17.3 Å². The normalized spacial score (nSPS) is 10.5. The Morgan fingerprint density at radius 2 is 1.22 bits per heavy atom. The Kier molecular flexibility index (Phi) is 4.76. The summed E-state index contributed by atoms with van der Waals surface area (Å²) in [6.45, 7) is 0. The molecule has 2 heterocycles. The summed E-state index contributed by atoms with van der Waals surface area (Å²) in [6, 6.07) is 7.21. The van der Waals surface area contributed by atoms with Crippen LogP contribution in [0.1, 0.15) is 0 Å².